The van der Waals surface area contributed by atoms with Crippen LogP contribution in [0.4, 0.5) is 5.69 Å². The third-order valence-electron chi connectivity index (χ3n) is 2.55. The lowest BCUT2D eigenvalue weighted by Gasteiger charge is -2.33. The van der Waals surface area contributed by atoms with Crippen LogP contribution in [-0.4, -0.2) is 32.1 Å². The van der Waals surface area contributed by atoms with E-state index in [1.165, 1.54) is 0 Å². The summed E-state index contributed by atoms with van der Waals surface area (Å²) in [6.07, 6.45) is 0.0377. The van der Waals surface area contributed by atoms with Crippen LogP contribution >= 0.6 is 0 Å². The quantitative estimate of drug-likeness (QED) is 0.809. The van der Waals surface area contributed by atoms with Gasteiger partial charge in [-0.1, -0.05) is 12.1 Å². The molecule has 4 heteroatoms. The number of amides is 1. The Hall–Kier alpha value is -1.55. The highest BCUT2D eigenvalue weighted by molar-refractivity contribution is 5.96. The van der Waals surface area contributed by atoms with E-state index >= 15 is 0 Å². The molecule has 0 saturated heterocycles. The summed E-state index contributed by atoms with van der Waals surface area (Å²) in [5.41, 5.74) is 0.862. The molecule has 1 heterocycles. The largest absolute Gasteiger partial charge is 0.487 e. The van der Waals surface area contributed by atoms with Gasteiger partial charge in [-0.05, 0) is 26.1 Å². The molecule has 1 atom stereocenters. The smallest absolute Gasteiger partial charge is 0.241 e. The number of fused-ring (bicyclic) bond motifs is 1. The number of nitrogens with zero attached hydrogens (tertiary/aromatic N) is 1. The highest BCUT2D eigenvalue weighted by Gasteiger charge is 2.26. The first-order chi connectivity index (χ1) is 7.72. The molecule has 1 amide bonds. The average Bonchev–Trinajstić information content (AvgIpc) is 2.28. The Labute approximate surface area is 95.2 Å². The minimum absolute atomic E-state index is 0.0377. The van der Waals surface area contributed by atoms with Gasteiger partial charge in [-0.2, -0.15) is 0 Å². The van der Waals surface area contributed by atoms with E-state index in [2.05, 4.69) is 5.32 Å². The number of likely N-dealkylation sites (N-methyl/N-ethyl adjacent to an activating group) is 1. The molecule has 4 nitrogen and oxygen atoms in total. The molecule has 0 bridgehead atoms. The van der Waals surface area contributed by atoms with Crippen molar-refractivity contribution in [2.24, 2.45) is 0 Å². The van der Waals surface area contributed by atoms with Crippen LogP contribution in [0.3, 0.4) is 0 Å². The van der Waals surface area contributed by atoms with Crippen LogP contribution in [0.25, 0.3) is 0 Å². The summed E-state index contributed by atoms with van der Waals surface area (Å²) < 4.78 is 5.68. The molecule has 86 valence electrons. The maximum absolute atomic E-state index is 11.9. The molecular formula is C12H16N2O2. The van der Waals surface area contributed by atoms with E-state index in [1.54, 1.807) is 11.9 Å². The van der Waals surface area contributed by atoms with Gasteiger partial charge in [0.2, 0.25) is 5.91 Å². The predicted molar refractivity (Wildman–Crippen MR) is 62.8 cm³/mol. The fraction of sp³-hybridized carbons (Fsp3) is 0.417. The van der Waals surface area contributed by atoms with Crippen molar-refractivity contribution in [3.05, 3.63) is 24.3 Å². The number of rotatable bonds is 2. The maximum atomic E-state index is 11.9. The summed E-state index contributed by atoms with van der Waals surface area (Å²) in [6.45, 7) is 2.92. The van der Waals surface area contributed by atoms with Crippen LogP contribution in [0.5, 0.6) is 5.75 Å². The fourth-order valence-corrected chi connectivity index (χ4v) is 1.87. The summed E-state index contributed by atoms with van der Waals surface area (Å²) in [5, 5.41) is 2.88. The number of hydrogen-bond acceptors (Lipinski definition) is 3. The Balaban J connectivity index is 2.30. The van der Waals surface area contributed by atoms with Crippen molar-refractivity contribution in [1.29, 1.82) is 0 Å². The minimum atomic E-state index is 0.0377. The van der Waals surface area contributed by atoms with Gasteiger partial charge in [0.25, 0.3) is 0 Å². The van der Waals surface area contributed by atoms with Crippen molar-refractivity contribution in [2.45, 2.75) is 13.0 Å². The molecule has 2 rings (SSSR count). The molecule has 1 aliphatic rings. The lowest BCUT2D eigenvalue weighted by atomic mass is 10.2. The third-order valence-corrected chi connectivity index (χ3v) is 2.55. The molecule has 0 aliphatic carbocycles. The number of carbonyl (C=O) groups is 1. The van der Waals surface area contributed by atoms with Crippen molar-refractivity contribution in [3.63, 3.8) is 0 Å². The molecule has 1 aromatic carbocycles. The Morgan fingerprint density at radius 2 is 2.31 bits per heavy atom. The molecule has 1 unspecified atom stereocenters. The van der Waals surface area contributed by atoms with Gasteiger partial charge >= 0.3 is 0 Å². The average molecular weight is 220 g/mol. The molecule has 0 aromatic heterocycles. The second-order valence-electron chi connectivity index (χ2n) is 3.93. The Kier molecular flexibility index (Phi) is 3.10. The zero-order chi connectivity index (χ0) is 11.5. The van der Waals surface area contributed by atoms with Gasteiger partial charge in [0.05, 0.1) is 18.8 Å². The minimum Gasteiger partial charge on any atom is -0.487 e. The van der Waals surface area contributed by atoms with E-state index in [9.17, 15) is 4.79 Å². The molecule has 1 N–H and O–H groups in total. The summed E-state index contributed by atoms with van der Waals surface area (Å²) in [7, 11) is 1.77. The van der Waals surface area contributed by atoms with Crippen LogP contribution in [0.15, 0.2) is 24.3 Å². The molecule has 0 saturated carbocycles. The van der Waals surface area contributed by atoms with Crippen molar-refractivity contribution in [2.75, 3.05) is 25.0 Å². The lowest BCUT2D eigenvalue weighted by Crippen LogP contribution is -2.45. The molecular weight excluding hydrogens is 204 g/mol. The summed E-state index contributed by atoms with van der Waals surface area (Å²) in [6, 6.07) is 7.63. The summed E-state index contributed by atoms with van der Waals surface area (Å²) >= 11 is 0. The number of ether oxygens (including phenoxy) is 1. The summed E-state index contributed by atoms with van der Waals surface area (Å²) in [5.74, 6) is 0.857. The van der Waals surface area contributed by atoms with Crippen LogP contribution in [0.1, 0.15) is 6.92 Å². The first kappa shape index (κ1) is 11.0. The van der Waals surface area contributed by atoms with E-state index in [-0.39, 0.29) is 12.0 Å². The second-order valence-corrected chi connectivity index (χ2v) is 3.93. The zero-order valence-electron chi connectivity index (χ0n) is 9.56. The molecule has 0 radical (unpaired) electrons. The normalized spacial score (nSPS) is 18.9. The molecule has 0 spiro atoms. The first-order valence-electron chi connectivity index (χ1n) is 5.43. The number of hydrogen-bond donors (Lipinski definition) is 1. The van der Waals surface area contributed by atoms with Crippen LogP contribution in [0.2, 0.25) is 0 Å². The monoisotopic (exact) mass is 220 g/mol. The van der Waals surface area contributed by atoms with Gasteiger partial charge in [-0.25, -0.2) is 0 Å². The van der Waals surface area contributed by atoms with Crippen molar-refractivity contribution in [1.82, 2.24) is 5.32 Å². The van der Waals surface area contributed by atoms with Crippen LogP contribution in [0, 0.1) is 0 Å². The number of carbonyl (C=O) groups excluding carboxylic acids is 1. The van der Waals surface area contributed by atoms with Crippen LogP contribution < -0.4 is 15.0 Å². The standard InChI is InChI=1S/C12H16N2O2/c1-9-8-14(12(15)7-13-2)10-5-3-4-6-11(10)16-9/h3-6,9,13H,7-8H2,1-2H3. The van der Waals surface area contributed by atoms with Gasteiger partial charge < -0.3 is 15.0 Å². The Morgan fingerprint density at radius 1 is 1.56 bits per heavy atom. The number of nitrogens with one attached hydrogen (secondary N) is 1. The Bertz CT molecular complexity index is 392. The Morgan fingerprint density at radius 3 is 3.06 bits per heavy atom. The zero-order valence-corrected chi connectivity index (χ0v) is 9.56. The molecule has 0 fully saturated rings. The lowest BCUT2D eigenvalue weighted by molar-refractivity contribution is -0.118. The highest BCUT2D eigenvalue weighted by atomic mass is 16.5. The SMILES string of the molecule is CNCC(=O)N1CC(C)Oc2ccccc21. The van der Waals surface area contributed by atoms with Gasteiger partial charge in [-0.15, -0.1) is 0 Å². The van der Waals surface area contributed by atoms with Gasteiger partial charge in [-0.3, -0.25) is 4.79 Å². The van der Waals surface area contributed by atoms with E-state index < -0.39 is 0 Å². The number of benzene rings is 1. The first-order valence-corrected chi connectivity index (χ1v) is 5.43. The summed E-state index contributed by atoms with van der Waals surface area (Å²) in [4.78, 5) is 13.7. The highest BCUT2D eigenvalue weighted by Crippen LogP contribution is 2.32. The maximum Gasteiger partial charge on any atom is 0.241 e. The molecule has 1 aliphatic heterocycles. The van der Waals surface area contributed by atoms with Crippen molar-refractivity contribution >= 4 is 11.6 Å². The molecule has 1 aromatic rings. The van der Waals surface area contributed by atoms with Crippen molar-refractivity contribution in [3.8, 4) is 5.75 Å². The van der Waals surface area contributed by atoms with Crippen molar-refractivity contribution < 1.29 is 9.53 Å². The fourth-order valence-electron chi connectivity index (χ4n) is 1.87. The molecule has 16 heavy (non-hydrogen) atoms. The van der Waals surface area contributed by atoms with Crippen LogP contribution in [-0.2, 0) is 4.79 Å². The number of para-hydroxylation sites is 2. The second kappa shape index (κ2) is 4.53. The van der Waals surface area contributed by atoms with E-state index in [0.717, 1.165) is 11.4 Å². The van der Waals surface area contributed by atoms with Gasteiger partial charge in [0.15, 0.2) is 0 Å². The third kappa shape index (κ3) is 2.02. The predicted octanol–water partition coefficient (Wildman–Crippen LogP) is 1.02. The number of anilines is 1. The van der Waals surface area contributed by atoms with Gasteiger partial charge in [0, 0.05) is 0 Å². The van der Waals surface area contributed by atoms with E-state index in [0.29, 0.717) is 13.1 Å². The topological polar surface area (TPSA) is 41.6 Å². The van der Waals surface area contributed by atoms with E-state index in [4.69, 9.17) is 4.74 Å². The van der Waals surface area contributed by atoms with E-state index in [1.807, 2.05) is 31.2 Å². The van der Waals surface area contributed by atoms with Gasteiger partial charge in [0.1, 0.15) is 11.9 Å².